The lowest BCUT2D eigenvalue weighted by Gasteiger charge is -2.08. The van der Waals surface area contributed by atoms with Crippen LogP contribution in [0.15, 0.2) is 41.6 Å². The van der Waals surface area contributed by atoms with Crippen LogP contribution >= 0.6 is 0 Å². The van der Waals surface area contributed by atoms with Crippen molar-refractivity contribution in [3.8, 4) is 0 Å². The molecule has 0 spiro atoms. The summed E-state index contributed by atoms with van der Waals surface area (Å²) in [6.07, 6.45) is 2.31. The summed E-state index contributed by atoms with van der Waals surface area (Å²) in [4.78, 5) is 7.60. The minimum Gasteiger partial charge on any atom is -0.373 e. The van der Waals surface area contributed by atoms with Gasteiger partial charge in [-0.1, -0.05) is 0 Å². The third-order valence-electron chi connectivity index (χ3n) is 2.26. The van der Waals surface area contributed by atoms with Crippen LogP contribution in [0.25, 0.3) is 0 Å². The summed E-state index contributed by atoms with van der Waals surface area (Å²) in [6.45, 7) is 0. The first-order valence-corrected chi connectivity index (χ1v) is 6.78. The Kier molecular flexibility index (Phi) is 3.61. The molecule has 0 aromatic carbocycles. The van der Waals surface area contributed by atoms with Gasteiger partial charge < -0.3 is 5.32 Å². The predicted octanol–water partition coefficient (Wildman–Crippen LogP) is 1.46. The molecule has 0 amide bonds. The fourth-order valence-electron chi connectivity index (χ4n) is 1.35. The zero-order chi connectivity index (χ0) is 13.9. The highest BCUT2D eigenvalue weighted by molar-refractivity contribution is 7.92. The van der Waals surface area contributed by atoms with Crippen molar-refractivity contribution in [2.75, 3.05) is 17.1 Å². The quantitative estimate of drug-likeness (QED) is 0.887. The number of aromatic nitrogens is 2. The Bertz CT molecular complexity index is 673. The Morgan fingerprint density at radius 1 is 1.16 bits per heavy atom. The van der Waals surface area contributed by atoms with Crippen molar-refractivity contribution >= 4 is 21.7 Å². The van der Waals surface area contributed by atoms with Crippen molar-refractivity contribution in [1.29, 1.82) is 0 Å². The van der Waals surface area contributed by atoms with Gasteiger partial charge in [0.2, 0.25) is 0 Å². The Hall–Kier alpha value is -2.22. The van der Waals surface area contributed by atoms with Crippen LogP contribution in [-0.2, 0) is 10.0 Å². The second-order valence-electron chi connectivity index (χ2n) is 3.59. The van der Waals surface area contributed by atoms with E-state index >= 15 is 0 Å². The van der Waals surface area contributed by atoms with E-state index in [1.165, 1.54) is 24.4 Å². The fraction of sp³-hybridized carbons (Fsp3) is 0.0909. The van der Waals surface area contributed by atoms with Crippen LogP contribution in [0.1, 0.15) is 0 Å². The largest absolute Gasteiger partial charge is 0.373 e. The van der Waals surface area contributed by atoms with Gasteiger partial charge >= 0.3 is 0 Å². The van der Waals surface area contributed by atoms with Gasteiger partial charge in [-0.25, -0.2) is 22.8 Å². The van der Waals surface area contributed by atoms with Gasteiger partial charge in [0.25, 0.3) is 10.0 Å². The minimum atomic E-state index is -3.77. The van der Waals surface area contributed by atoms with E-state index < -0.39 is 15.8 Å². The maximum absolute atomic E-state index is 12.7. The average molecular weight is 282 g/mol. The van der Waals surface area contributed by atoms with Crippen molar-refractivity contribution in [3.63, 3.8) is 0 Å². The van der Waals surface area contributed by atoms with E-state index in [-0.39, 0.29) is 10.7 Å². The number of halogens is 1. The predicted molar refractivity (Wildman–Crippen MR) is 68.8 cm³/mol. The molecule has 2 heterocycles. The van der Waals surface area contributed by atoms with Crippen molar-refractivity contribution in [2.45, 2.75) is 4.90 Å². The van der Waals surface area contributed by atoms with E-state index in [1.54, 1.807) is 7.05 Å². The highest BCUT2D eigenvalue weighted by atomic mass is 32.2. The number of nitrogens with zero attached hydrogens (tertiary/aromatic N) is 2. The molecule has 0 saturated carbocycles. The Balaban J connectivity index is 2.29. The molecular formula is C11H11FN4O2S. The van der Waals surface area contributed by atoms with Crippen molar-refractivity contribution < 1.29 is 12.8 Å². The second kappa shape index (κ2) is 5.19. The van der Waals surface area contributed by atoms with Crippen LogP contribution in [0.3, 0.4) is 0 Å². The van der Waals surface area contributed by atoms with Gasteiger partial charge in [-0.3, -0.25) is 4.72 Å². The third-order valence-corrected chi connectivity index (χ3v) is 3.62. The number of anilines is 2. The smallest absolute Gasteiger partial charge is 0.263 e. The van der Waals surface area contributed by atoms with Crippen molar-refractivity contribution in [1.82, 2.24) is 9.97 Å². The van der Waals surface area contributed by atoms with Gasteiger partial charge in [0, 0.05) is 19.3 Å². The molecule has 0 aliphatic heterocycles. The zero-order valence-corrected chi connectivity index (χ0v) is 10.8. The van der Waals surface area contributed by atoms with Gasteiger partial charge in [-0.05, 0) is 18.2 Å². The lowest BCUT2D eigenvalue weighted by Crippen LogP contribution is -2.14. The number of sulfonamides is 1. The van der Waals surface area contributed by atoms with E-state index in [4.69, 9.17) is 0 Å². The average Bonchev–Trinajstić information content (AvgIpc) is 2.41. The summed E-state index contributed by atoms with van der Waals surface area (Å²) in [7, 11) is -2.14. The lowest BCUT2D eigenvalue weighted by atomic mass is 10.4. The van der Waals surface area contributed by atoms with Crippen molar-refractivity contribution in [3.05, 3.63) is 42.5 Å². The van der Waals surface area contributed by atoms with Crippen LogP contribution in [0, 0.1) is 5.82 Å². The zero-order valence-electron chi connectivity index (χ0n) is 9.96. The SMILES string of the molecule is CNc1cc(S(=O)(=O)Nc2ccc(F)cn2)ccn1. The molecule has 0 fully saturated rings. The molecule has 100 valence electrons. The number of nitrogens with one attached hydrogen (secondary N) is 2. The molecule has 19 heavy (non-hydrogen) atoms. The monoisotopic (exact) mass is 282 g/mol. The molecular weight excluding hydrogens is 271 g/mol. The molecule has 2 N–H and O–H groups in total. The Morgan fingerprint density at radius 2 is 1.95 bits per heavy atom. The molecule has 2 rings (SSSR count). The van der Waals surface area contributed by atoms with E-state index in [2.05, 4.69) is 20.0 Å². The van der Waals surface area contributed by atoms with Crippen LogP contribution in [0.4, 0.5) is 16.0 Å². The highest BCUT2D eigenvalue weighted by Crippen LogP contribution is 2.16. The lowest BCUT2D eigenvalue weighted by molar-refractivity contribution is 0.600. The molecule has 0 aliphatic carbocycles. The summed E-state index contributed by atoms with van der Waals surface area (Å²) < 4.78 is 39.0. The third kappa shape index (κ3) is 3.16. The number of rotatable bonds is 4. The van der Waals surface area contributed by atoms with E-state index in [1.807, 2.05) is 0 Å². The van der Waals surface area contributed by atoms with Gasteiger partial charge in [0.1, 0.15) is 17.5 Å². The minimum absolute atomic E-state index is 0.0398. The van der Waals surface area contributed by atoms with Gasteiger partial charge in [0.05, 0.1) is 11.1 Å². The summed E-state index contributed by atoms with van der Waals surface area (Å²) in [5.41, 5.74) is 0. The number of hydrogen-bond donors (Lipinski definition) is 2. The molecule has 0 bridgehead atoms. The molecule has 0 atom stereocenters. The molecule has 0 unspecified atom stereocenters. The maximum Gasteiger partial charge on any atom is 0.263 e. The van der Waals surface area contributed by atoms with Crippen LogP contribution in [-0.4, -0.2) is 25.4 Å². The molecule has 0 radical (unpaired) electrons. The Morgan fingerprint density at radius 3 is 2.58 bits per heavy atom. The molecule has 0 saturated heterocycles. The second-order valence-corrected chi connectivity index (χ2v) is 5.28. The van der Waals surface area contributed by atoms with Crippen LogP contribution in [0.5, 0.6) is 0 Å². The summed E-state index contributed by atoms with van der Waals surface area (Å²) >= 11 is 0. The van der Waals surface area contributed by atoms with Crippen molar-refractivity contribution in [2.24, 2.45) is 0 Å². The van der Waals surface area contributed by atoms with Crippen LogP contribution in [0.2, 0.25) is 0 Å². The molecule has 2 aromatic heterocycles. The molecule has 8 heteroatoms. The highest BCUT2D eigenvalue weighted by Gasteiger charge is 2.15. The summed E-state index contributed by atoms with van der Waals surface area (Å²) in [5, 5.41) is 2.74. The molecule has 2 aromatic rings. The Labute approximate surface area is 109 Å². The van der Waals surface area contributed by atoms with Gasteiger partial charge in [0.15, 0.2) is 0 Å². The standard InChI is InChI=1S/C11H11FN4O2S/c1-13-11-6-9(4-5-14-11)19(17,18)16-10-3-2-8(12)7-15-10/h2-7H,1H3,(H,13,14)(H,15,16). The van der Waals surface area contributed by atoms with Crippen LogP contribution < -0.4 is 10.0 Å². The summed E-state index contributed by atoms with van der Waals surface area (Å²) in [6, 6.07) is 5.10. The van der Waals surface area contributed by atoms with Gasteiger partial charge in [-0.2, -0.15) is 0 Å². The first kappa shape index (κ1) is 13.2. The van der Waals surface area contributed by atoms with E-state index in [0.29, 0.717) is 5.82 Å². The molecule has 6 nitrogen and oxygen atoms in total. The first-order valence-electron chi connectivity index (χ1n) is 5.29. The topological polar surface area (TPSA) is 84.0 Å². The number of pyridine rings is 2. The summed E-state index contributed by atoms with van der Waals surface area (Å²) in [5.74, 6) is -0.0662. The normalized spacial score (nSPS) is 11.1. The maximum atomic E-state index is 12.7. The van der Waals surface area contributed by atoms with E-state index in [0.717, 1.165) is 12.3 Å². The fourth-order valence-corrected chi connectivity index (χ4v) is 2.37. The van der Waals surface area contributed by atoms with Gasteiger partial charge in [-0.15, -0.1) is 0 Å². The van der Waals surface area contributed by atoms with E-state index in [9.17, 15) is 12.8 Å². The number of hydrogen-bond acceptors (Lipinski definition) is 5. The first-order chi connectivity index (χ1) is 9.01. The molecule has 0 aliphatic rings.